The predicted octanol–water partition coefficient (Wildman–Crippen LogP) is 1.84. The van der Waals surface area contributed by atoms with Crippen LogP contribution in [-0.4, -0.2) is 31.1 Å². The number of aliphatic imine (C=N–C) groups is 1. The highest BCUT2D eigenvalue weighted by Gasteiger charge is 2.22. The molecule has 1 heterocycles. The second-order valence-electron chi connectivity index (χ2n) is 6.19. The van der Waals surface area contributed by atoms with Crippen LogP contribution in [-0.2, 0) is 13.0 Å². The van der Waals surface area contributed by atoms with Crippen LogP contribution in [0.4, 0.5) is 0 Å². The van der Waals surface area contributed by atoms with E-state index in [9.17, 15) is 4.79 Å². The number of nitrogens with two attached hydrogens (primary N) is 1. The van der Waals surface area contributed by atoms with E-state index in [0.29, 0.717) is 18.7 Å². The molecule has 0 fully saturated rings. The number of ether oxygens (including phenoxy) is 1. The number of amides is 1. The molecule has 6 nitrogen and oxygen atoms in total. The Kier molecular flexibility index (Phi) is 5.73. The largest absolute Gasteiger partial charge is 0.488 e. The average Bonchev–Trinajstić information content (AvgIpc) is 3.07. The molecule has 0 saturated heterocycles. The fraction of sp³-hybridized carbons (Fsp3) is 0.300. The highest BCUT2D eigenvalue weighted by Crippen LogP contribution is 2.27. The van der Waals surface area contributed by atoms with Crippen molar-refractivity contribution in [2.24, 2.45) is 10.7 Å². The fourth-order valence-corrected chi connectivity index (χ4v) is 2.91. The molecule has 0 aliphatic carbocycles. The second kappa shape index (κ2) is 8.38. The molecule has 1 atom stereocenters. The van der Waals surface area contributed by atoms with E-state index < -0.39 is 5.91 Å². The number of guanidine groups is 1. The Labute approximate surface area is 153 Å². The summed E-state index contributed by atoms with van der Waals surface area (Å²) in [4.78, 5) is 15.9. The van der Waals surface area contributed by atoms with E-state index >= 15 is 0 Å². The van der Waals surface area contributed by atoms with Gasteiger partial charge in [0.25, 0.3) is 0 Å². The molecule has 2 aromatic rings. The van der Waals surface area contributed by atoms with E-state index in [4.69, 9.17) is 10.5 Å². The minimum absolute atomic E-state index is 0.0921. The number of hydrogen-bond donors (Lipinski definition) is 3. The number of hydrogen-bond acceptors (Lipinski definition) is 3. The topological polar surface area (TPSA) is 88.7 Å². The van der Waals surface area contributed by atoms with Crippen molar-refractivity contribution in [3.8, 4) is 5.75 Å². The van der Waals surface area contributed by atoms with Gasteiger partial charge in [-0.1, -0.05) is 30.3 Å². The SMILES string of the molecule is CCNC(=NCc1cccc(C(N)=O)c1)NCC1Cc2ccccc2O1. The summed E-state index contributed by atoms with van der Waals surface area (Å²) in [5, 5.41) is 6.55. The lowest BCUT2D eigenvalue weighted by Crippen LogP contribution is -2.42. The van der Waals surface area contributed by atoms with E-state index in [0.717, 1.165) is 30.2 Å². The molecule has 1 aliphatic rings. The van der Waals surface area contributed by atoms with Gasteiger partial charge in [-0.3, -0.25) is 4.79 Å². The molecule has 0 spiro atoms. The number of nitrogens with one attached hydrogen (secondary N) is 2. The number of carbonyl (C=O) groups is 1. The van der Waals surface area contributed by atoms with Gasteiger partial charge in [0.1, 0.15) is 11.9 Å². The first kappa shape index (κ1) is 17.8. The van der Waals surface area contributed by atoms with Crippen molar-refractivity contribution < 1.29 is 9.53 Å². The van der Waals surface area contributed by atoms with Crippen molar-refractivity contribution >= 4 is 11.9 Å². The summed E-state index contributed by atoms with van der Waals surface area (Å²) < 4.78 is 5.94. The van der Waals surface area contributed by atoms with Crippen LogP contribution < -0.4 is 21.1 Å². The molecule has 2 aromatic carbocycles. The smallest absolute Gasteiger partial charge is 0.248 e. The standard InChI is InChI=1S/C20H24N4O2/c1-2-22-20(23-12-14-6-5-8-16(10-14)19(21)25)24-13-17-11-15-7-3-4-9-18(15)26-17/h3-10,17H,2,11-13H2,1H3,(H2,21,25)(H2,22,23,24). The van der Waals surface area contributed by atoms with Crippen LogP contribution in [0.5, 0.6) is 5.75 Å². The number of benzene rings is 2. The quantitative estimate of drug-likeness (QED) is 0.547. The van der Waals surface area contributed by atoms with Crippen molar-refractivity contribution in [2.45, 2.75) is 26.0 Å². The Morgan fingerprint density at radius 2 is 2.08 bits per heavy atom. The zero-order valence-electron chi connectivity index (χ0n) is 14.9. The number of nitrogens with zero attached hydrogens (tertiary/aromatic N) is 1. The normalized spacial score (nSPS) is 15.9. The maximum Gasteiger partial charge on any atom is 0.248 e. The lowest BCUT2D eigenvalue weighted by molar-refractivity contribution is 0.1000. The minimum Gasteiger partial charge on any atom is -0.488 e. The molecule has 1 amide bonds. The molecule has 1 aliphatic heterocycles. The molecule has 6 heteroatoms. The lowest BCUT2D eigenvalue weighted by atomic mass is 10.1. The molecule has 3 rings (SSSR count). The Morgan fingerprint density at radius 3 is 2.85 bits per heavy atom. The van der Waals surface area contributed by atoms with Gasteiger partial charge in [-0.25, -0.2) is 4.99 Å². The number of rotatable bonds is 6. The van der Waals surface area contributed by atoms with Crippen LogP contribution in [0.3, 0.4) is 0 Å². The van der Waals surface area contributed by atoms with Crippen LogP contribution in [0.15, 0.2) is 53.5 Å². The van der Waals surface area contributed by atoms with Gasteiger partial charge in [-0.05, 0) is 36.2 Å². The second-order valence-corrected chi connectivity index (χ2v) is 6.19. The third kappa shape index (κ3) is 4.53. The van der Waals surface area contributed by atoms with Crippen LogP contribution in [0.25, 0.3) is 0 Å². The van der Waals surface area contributed by atoms with Gasteiger partial charge in [0.05, 0.1) is 13.1 Å². The zero-order valence-corrected chi connectivity index (χ0v) is 14.9. The summed E-state index contributed by atoms with van der Waals surface area (Å²) in [7, 11) is 0. The Hall–Kier alpha value is -3.02. The molecule has 26 heavy (non-hydrogen) atoms. The van der Waals surface area contributed by atoms with Gasteiger partial charge in [0.15, 0.2) is 5.96 Å². The molecular weight excluding hydrogens is 328 g/mol. The number of primary amides is 1. The van der Waals surface area contributed by atoms with Gasteiger partial charge in [0, 0.05) is 18.5 Å². The Bertz CT molecular complexity index is 779. The monoisotopic (exact) mass is 352 g/mol. The highest BCUT2D eigenvalue weighted by molar-refractivity contribution is 5.92. The Balaban J connectivity index is 1.58. The van der Waals surface area contributed by atoms with Gasteiger partial charge < -0.3 is 21.1 Å². The number of fused-ring (bicyclic) bond motifs is 1. The maximum absolute atomic E-state index is 11.3. The van der Waals surface area contributed by atoms with Crippen molar-refractivity contribution in [1.29, 1.82) is 0 Å². The number of para-hydroxylation sites is 1. The third-order valence-electron chi connectivity index (χ3n) is 4.19. The number of carbonyl (C=O) groups excluding carboxylic acids is 1. The van der Waals surface area contributed by atoms with E-state index in [-0.39, 0.29) is 6.10 Å². The van der Waals surface area contributed by atoms with Crippen molar-refractivity contribution in [1.82, 2.24) is 10.6 Å². The van der Waals surface area contributed by atoms with Gasteiger partial charge in [-0.2, -0.15) is 0 Å². The Morgan fingerprint density at radius 1 is 1.23 bits per heavy atom. The summed E-state index contributed by atoms with van der Waals surface area (Å²) in [5.74, 6) is 1.25. The highest BCUT2D eigenvalue weighted by atomic mass is 16.5. The molecule has 4 N–H and O–H groups in total. The molecule has 0 radical (unpaired) electrons. The van der Waals surface area contributed by atoms with Crippen LogP contribution in [0, 0.1) is 0 Å². The summed E-state index contributed by atoms with van der Waals surface area (Å²) >= 11 is 0. The molecule has 0 aromatic heterocycles. The predicted molar refractivity (Wildman–Crippen MR) is 102 cm³/mol. The molecule has 0 saturated carbocycles. The summed E-state index contributed by atoms with van der Waals surface area (Å²) in [6, 6.07) is 15.3. The van der Waals surface area contributed by atoms with Gasteiger partial charge in [0.2, 0.25) is 5.91 Å². The molecule has 1 unspecified atom stereocenters. The average molecular weight is 352 g/mol. The molecular formula is C20H24N4O2. The first-order valence-corrected chi connectivity index (χ1v) is 8.81. The van der Waals surface area contributed by atoms with Gasteiger partial charge in [-0.15, -0.1) is 0 Å². The first-order chi connectivity index (χ1) is 12.7. The van der Waals surface area contributed by atoms with Crippen molar-refractivity contribution in [3.05, 3.63) is 65.2 Å². The first-order valence-electron chi connectivity index (χ1n) is 8.81. The summed E-state index contributed by atoms with van der Waals surface area (Å²) in [6.45, 7) is 3.91. The van der Waals surface area contributed by atoms with Crippen LogP contribution in [0.1, 0.15) is 28.4 Å². The van der Waals surface area contributed by atoms with E-state index in [1.165, 1.54) is 5.56 Å². The zero-order chi connectivity index (χ0) is 18.4. The fourth-order valence-electron chi connectivity index (χ4n) is 2.91. The summed E-state index contributed by atoms with van der Waals surface area (Å²) in [6.07, 6.45) is 0.984. The van der Waals surface area contributed by atoms with Crippen molar-refractivity contribution in [3.63, 3.8) is 0 Å². The lowest BCUT2D eigenvalue weighted by Gasteiger charge is -2.15. The van der Waals surface area contributed by atoms with E-state index in [2.05, 4.69) is 21.7 Å². The van der Waals surface area contributed by atoms with E-state index in [1.807, 2.05) is 37.3 Å². The third-order valence-corrected chi connectivity index (χ3v) is 4.19. The van der Waals surface area contributed by atoms with Crippen LogP contribution in [0.2, 0.25) is 0 Å². The maximum atomic E-state index is 11.3. The van der Waals surface area contributed by atoms with Crippen LogP contribution >= 0.6 is 0 Å². The summed E-state index contributed by atoms with van der Waals surface area (Å²) in [5.41, 5.74) is 7.99. The van der Waals surface area contributed by atoms with Crippen molar-refractivity contribution in [2.75, 3.05) is 13.1 Å². The van der Waals surface area contributed by atoms with Gasteiger partial charge >= 0.3 is 0 Å². The molecule has 0 bridgehead atoms. The van der Waals surface area contributed by atoms with E-state index in [1.54, 1.807) is 12.1 Å². The minimum atomic E-state index is -0.432. The molecule has 136 valence electrons.